The van der Waals surface area contributed by atoms with Crippen LogP contribution in [0, 0.1) is 5.38 Å². The molecule has 0 saturated heterocycles. The van der Waals surface area contributed by atoms with Gasteiger partial charge in [0.15, 0.2) is 10.0 Å². The summed E-state index contributed by atoms with van der Waals surface area (Å²) in [7, 11) is 0. The van der Waals surface area contributed by atoms with Crippen LogP contribution in [0.4, 0.5) is 0 Å². The molecule has 0 spiro atoms. The first kappa shape index (κ1) is 9.14. The van der Waals surface area contributed by atoms with Crippen molar-refractivity contribution in [2.45, 2.75) is 0 Å². The molecule has 0 atom stereocenters. The van der Waals surface area contributed by atoms with E-state index in [9.17, 15) is 0 Å². The highest BCUT2D eigenvalue weighted by Crippen LogP contribution is 2.30. The van der Waals surface area contributed by atoms with E-state index in [1.165, 1.54) is 11.3 Å². The normalized spacial score (nSPS) is 10.7. The predicted molar refractivity (Wildman–Crippen MR) is 63.2 cm³/mol. The van der Waals surface area contributed by atoms with Gasteiger partial charge >= 0.3 is 0 Å². The molecular weight excluding hydrogens is 246 g/mol. The summed E-state index contributed by atoms with van der Waals surface area (Å²) in [5.41, 5.74) is 0.913. The smallest absolute Gasteiger partial charge is 0.152 e. The fourth-order valence-corrected chi connectivity index (χ4v) is 3.22. The third-order valence-electron chi connectivity index (χ3n) is 1.73. The third kappa shape index (κ3) is 1.71. The van der Waals surface area contributed by atoms with Gasteiger partial charge in [-0.3, -0.25) is 0 Å². The van der Waals surface area contributed by atoms with E-state index in [1.54, 1.807) is 35.1 Å². The predicted octanol–water partition coefficient (Wildman–Crippen LogP) is 3.19. The maximum Gasteiger partial charge on any atom is 0.152 e. The molecule has 0 N–H and O–H groups in total. The maximum atomic E-state index is 4.49. The third-order valence-corrected chi connectivity index (χ3v) is 4.22. The zero-order chi connectivity index (χ0) is 10.1. The van der Waals surface area contributed by atoms with Gasteiger partial charge in [-0.15, -0.1) is 34.0 Å². The lowest BCUT2D eigenvalue weighted by Gasteiger charge is -1.86. The van der Waals surface area contributed by atoms with E-state index in [0.29, 0.717) is 0 Å². The number of nitrogens with zero attached hydrogens (tertiary/aromatic N) is 3. The van der Waals surface area contributed by atoms with E-state index in [1.807, 2.05) is 10.8 Å². The number of rotatable bonds is 2. The molecular formula is C9H4N3S3. The van der Waals surface area contributed by atoms with E-state index < -0.39 is 0 Å². The van der Waals surface area contributed by atoms with Gasteiger partial charge < -0.3 is 0 Å². The highest BCUT2D eigenvalue weighted by molar-refractivity contribution is 7.20. The number of thiazole rings is 3. The first-order valence-electron chi connectivity index (χ1n) is 4.11. The minimum absolute atomic E-state index is 0.911. The molecule has 3 rings (SSSR count). The fraction of sp³-hybridized carbons (Fsp3) is 0. The standard InChI is InChI=1S/C9H4N3S3/c1-3-13-7(10-1)6-5-15-9(12-6)8-11-2-4-14-8/h1-2,4-5H. The van der Waals surface area contributed by atoms with Crippen LogP contribution in [0.1, 0.15) is 0 Å². The molecule has 0 bridgehead atoms. The van der Waals surface area contributed by atoms with E-state index in [2.05, 4.69) is 20.3 Å². The van der Waals surface area contributed by atoms with Crippen molar-refractivity contribution in [3.63, 3.8) is 0 Å². The van der Waals surface area contributed by atoms with E-state index in [0.717, 1.165) is 20.7 Å². The Morgan fingerprint density at radius 1 is 1.07 bits per heavy atom. The van der Waals surface area contributed by atoms with Crippen molar-refractivity contribution in [2.75, 3.05) is 0 Å². The molecule has 0 amide bonds. The van der Waals surface area contributed by atoms with Crippen molar-refractivity contribution in [1.82, 2.24) is 15.0 Å². The van der Waals surface area contributed by atoms with Crippen molar-refractivity contribution >= 4 is 34.0 Å². The van der Waals surface area contributed by atoms with Gasteiger partial charge in [0.05, 0.1) is 5.38 Å². The second kappa shape index (κ2) is 3.80. The lowest BCUT2D eigenvalue weighted by molar-refractivity contribution is 1.32. The van der Waals surface area contributed by atoms with Crippen LogP contribution in [0.2, 0.25) is 0 Å². The quantitative estimate of drug-likeness (QED) is 0.701. The Morgan fingerprint density at radius 2 is 2.07 bits per heavy atom. The van der Waals surface area contributed by atoms with Crippen LogP contribution >= 0.6 is 34.0 Å². The fourth-order valence-electron chi connectivity index (χ4n) is 1.11. The highest BCUT2D eigenvalue weighted by Gasteiger charge is 2.09. The zero-order valence-electron chi connectivity index (χ0n) is 7.38. The molecule has 3 aromatic rings. The zero-order valence-corrected chi connectivity index (χ0v) is 9.83. The number of hydrogen-bond donors (Lipinski definition) is 0. The Labute approximate surface area is 98.1 Å². The molecule has 6 heteroatoms. The van der Waals surface area contributed by atoms with Gasteiger partial charge in [-0.2, -0.15) is 0 Å². The number of aromatic nitrogens is 3. The minimum atomic E-state index is 0.911. The summed E-state index contributed by atoms with van der Waals surface area (Å²) in [5.74, 6) is 0. The van der Waals surface area contributed by atoms with E-state index >= 15 is 0 Å². The highest BCUT2D eigenvalue weighted by atomic mass is 32.1. The molecule has 15 heavy (non-hydrogen) atoms. The second-order valence-electron chi connectivity index (χ2n) is 2.66. The molecule has 3 nitrogen and oxygen atoms in total. The average Bonchev–Trinajstić information content (AvgIpc) is 3.02. The molecule has 0 saturated carbocycles. The van der Waals surface area contributed by atoms with Crippen LogP contribution in [0.15, 0.2) is 23.2 Å². The summed E-state index contributed by atoms with van der Waals surface area (Å²) < 4.78 is 0. The molecule has 1 radical (unpaired) electrons. The van der Waals surface area contributed by atoms with Gasteiger partial charge in [-0.05, 0) is 0 Å². The Bertz CT molecular complexity index is 490. The molecule has 3 aromatic heterocycles. The molecule has 0 fully saturated rings. The summed E-state index contributed by atoms with van der Waals surface area (Å²) in [6.45, 7) is 0. The van der Waals surface area contributed by atoms with Crippen LogP contribution in [0.5, 0.6) is 0 Å². The summed E-state index contributed by atoms with van der Waals surface area (Å²) in [6, 6.07) is 0. The van der Waals surface area contributed by atoms with Gasteiger partial charge in [0, 0.05) is 23.2 Å². The Balaban J connectivity index is 2.02. The average molecular weight is 250 g/mol. The van der Waals surface area contributed by atoms with Crippen molar-refractivity contribution in [3.05, 3.63) is 28.5 Å². The van der Waals surface area contributed by atoms with E-state index in [-0.39, 0.29) is 0 Å². The van der Waals surface area contributed by atoms with Crippen molar-refractivity contribution in [3.8, 4) is 20.7 Å². The molecule has 0 aliphatic rings. The van der Waals surface area contributed by atoms with Crippen LogP contribution in [0.25, 0.3) is 20.7 Å². The van der Waals surface area contributed by atoms with Crippen LogP contribution in [0.3, 0.4) is 0 Å². The summed E-state index contributed by atoms with van der Waals surface area (Å²) in [6.07, 6.45) is 3.46. The molecule has 0 aliphatic carbocycles. The first-order chi connectivity index (χ1) is 7.43. The van der Waals surface area contributed by atoms with Gasteiger partial charge in [0.2, 0.25) is 0 Å². The largest absolute Gasteiger partial charge is 0.242 e. The Morgan fingerprint density at radius 3 is 2.80 bits per heavy atom. The molecule has 0 unspecified atom stereocenters. The lowest BCUT2D eigenvalue weighted by atomic mass is 10.5. The first-order valence-corrected chi connectivity index (χ1v) is 6.69. The SMILES string of the molecule is [c]1cnc(-c2csc(-c3nccs3)n2)s1. The topological polar surface area (TPSA) is 38.7 Å². The van der Waals surface area contributed by atoms with Crippen LogP contribution in [-0.4, -0.2) is 15.0 Å². The van der Waals surface area contributed by atoms with Gasteiger partial charge in [0.25, 0.3) is 0 Å². The number of hydrogen-bond acceptors (Lipinski definition) is 6. The Hall–Kier alpha value is -1.11. The van der Waals surface area contributed by atoms with Gasteiger partial charge in [-0.1, -0.05) is 0 Å². The van der Waals surface area contributed by atoms with Crippen LogP contribution in [-0.2, 0) is 0 Å². The van der Waals surface area contributed by atoms with Gasteiger partial charge in [0.1, 0.15) is 10.7 Å². The summed E-state index contributed by atoms with van der Waals surface area (Å²) >= 11 is 4.67. The van der Waals surface area contributed by atoms with Crippen molar-refractivity contribution in [2.24, 2.45) is 0 Å². The summed E-state index contributed by atoms with van der Waals surface area (Å²) in [4.78, 5) is 12.9. The Kier molecular flexibility index (Phi) is 2.32. The molecule has 0 aliphatic heterocycles. The summed E-state index contributed by atoms with van der Waals surface area (Å²) in [5, 5.41) is 9.74. The van der Waals surface area contributed by atoms with Crippen LogP contribution < -0.4 is 0 Å². The second-order valence-corrected chi connectivity index (χ2v) is 5.24. The molecule has 3 heterocycles. The van der Waals surface area contributed by atoms with Crippen molar-refractivity contribution < 1.29 is 0 Å². The monoisotopic (exact) mass is 250 g/mol. The minimum Gasteiger partial charge on any atom is -0.242 e. The van der Waals surface area contributed by atoms with E-state index in [4.69, 9.17) is 0 Å². The van der Waals surface area contributed by atoms with Gasteiger partial charge in [-0.25, -0.2) is 15.0 Å². The lowest BCUT2D eigenvalue weighted by Crippen LogP contribution is -1.76. The van der Waals surface area contributed by atoms with Crippen molar-refractivity contribution in [1.29, 1.82) is 0 Å². The molecule has 0 aromatic carbocycles. The maximum absolute atomic E-state index is 4.49. The molecule has 73 valence electrons.